The number of benzene rings is 1. The van der Waals surface area contributed by atoms with Crippen LogP contribution in [0, 0.1) is 23.2 Å². The van der Waals surface area contributed by atoms with Crippen LogP contribution >= 0.6 is 0 Å². The average Bonchev–Trinajstić information content (AvgIpc) is 2.52. The molecule has 4 saturated carbocycles. The van der Waals surface area contributed by atoms with Crippen molar-refractivity contribution in [2.24, 2.45) is 23.2 Å². The number of hydrogen-bond donors (Lipinski definition) is 1. The third-order valence-electron chi connectivity index (χ3n) is 6.60. The van der Waals surface area contributed by atoms with Crippen molar-refractivity contribution < 1.29 is 9.95 Å². The number of hydrogen-bond acceptors (Lipinski definition) is 2. The van der Waals surface area contributed by atoms with Crippen molar-refractivity contribution in [2.45, 2.75) is 38.5 Å². The van der Waals surface area contributed by atoms with Crippen molar-refractivity contribution in [3.8, 4) is 0 Å². The molecule has 0 atom stereocenters. The largest absolute Gasteiger partial charge is 0.303 e. The van der Waals surface area contributed by atoms with E-state index in [0.717, 1.165) is 24.3 Å². The Morgan fingerprint density at radius 3 is 2.08 bits per heavy atom. The van der Waals surface area contributed by atoms with Gasteiger partial charge in [-0.2, -0.15) is 0 Å². The van der Waals surface area contributed by atoms with Gasteiger partial charge in [0.2, 0.25) is 12.3 Å². The maximum absolute atomic E-state index is 11.0. The van der Waals surface area contributed by atoms with Gasteiger partial charge in [-0.3, -0.25) is 5.21 Å². The van der Waals surface area contributed by atoms with Crippen LogP contribution in [0.2, 0.25) is 0 Å². The van der Waals surface area contributed by atoms with Crippen molar-refractivity contribution in [3.05, 3.63) is 35.9 Å². The van der Waals surface area contributed by atoms with Gasteiger partial charge in [-0.1, -0.05) is 18.2 Å². The molecule has 3 heteroatoms. The minimum Gasteiger partial charge on any atom is -0.303 e. The van der Waals surface area contributed by atoms with Crippen LogP contribution in [0.3, 0.4) is 0 Å². The van der Waals surface area contributed by atoms with Crippen molar-refractivity contribution >= 4 is 5.71 Å². The van der Waals surface area contributed by atoms with Crippen LogP contribution in [0.4, 0.5) is 0 Å². The molecule has 0 aromatic heterocycles. The molecule has 1 aromatic rings. The summed E-state index contributed by atoms with van der Waals surface area (Å²) in [5, 5.41) is 11.0. The lowest BCUT2D eigenvalue weighted by molar-refractivity contribution is -0.776. The van der Waals surface area contributed by atoms with Crippen molar-refractivity contribution in [3.63, 3.8) is 0 Å². The van der Waals surface area contributed by atoms with Gasteiger partial charge in [-0.25, -0.2) is 0 Å². The molecular formula is C21H31N2O+. The van der Waals surface area contributed by atoms with Crippen LogP contribution in [0.1, 0.15) is 44.1 Å². The van der Waals surface area contributed by atoms with Gasteiger partial charge >= 0.3 is 0 Å². The fourth-order valence-electron chi connectivity index (χ4n) is 6.13. The van der Waals surface area contributed by atoms with Gasteiger partial charge < -0.3 is 4.90 Å². The van der Waals surface area contributed by atoms with Crippen LogP contribution in [0.5, 0.6) is 0 Å². The van der Waals surface area contributed by atoms with Crippen molar-refractivity contribution in [2.75, 3.05) is 27.2 Å². The van der Waals surface area contributed by atoms with E-state index in [2.05, 4.69) is 49.3 Å². The third-order valence-corrected chi connectivity index (χ3v) is 6.60. The van der Waals surface area contributed by atoms with E-state index in [9.17, 15) is 5.21 Å². The highest BCUT2D eigenvalue weighted by molar-refractivity contribution is 6.01. The summed E-state index contributed by atoms with van der Waals surface area (Å²) in [6.07, 6.45) is 8.14. The van der Waals surface area contributed by atoms with Gasteiger partial charge in [0, 0.05) is 5.56 Å². The molecule has 3 nitrogen and oxygen atoms in total. The highest BCUT2D eigenvalue weighted by Gasteiger charge is 2.57. The smallest absolute Gasteiger partial charge is 0.240 e. The third kappa shape index (κ3) is 2.88. The zero-order chi connectivity index (χ0) is 16.7. The van der Waals surface area contributed by atoms with E-state index in [1.165, 1.54) is 49.8 Å². The van der Waals surface area contributed by atoms with Gasteiger partial charge in [0.1, 0.15) is 0 Å². The molecule has 1 N–H and O–H groups in total. The predicted molar refractivity (Wildman–Crippen MR) is 96.6 cm³/mol. The van der Waals surface area contributed by atoms with E-state index in [0.29, 0.717) is 6.54 Å². The second-order valence-corrected chi connectivity index (χ2v) is 8.84. The van der Waals surface area contributed by atoms with E-state index in [-0.39, 0.29) is 5.41 Å². The first-order valence-electron chi connectivity index (χ1n) is 9.60. The Morgan fingerprint density at radius 2 is 1.58 bits per heavy atom. The van der Waals surface area contributed by atoms with Gasteiger partial charge in [0.05, 0.1) is 12.0 Å². The first-order chi connectivity index (χ1) is 11.6. The molecule has 0 unspecified atom stereocenters. The lowest BCUT2D eigenvalue weighted by Crippen LogP contribution is -2.52. The first-order valence-corrected chi connectivity index (χ1v) is 9.60. The molecule has 5 rings (SSSR count). The molecule has 24 heavy (non-hydrogen) atoms. The Morgan fingerprint density at radius 1 is 1.04 bits per heavy atom. The number of rotatable bonds is 5. The fourth-order valence-corrected chi connectivity index (χ4v) is 6.13. The summed E-state index contributed by atoms with van der Waals surface area (Å²) >= 11 is 0. The normalized spacial score (nSPS) is 35.4. The van der Waals surface area contributed by atoms with Crippen molar-refractivity contribution in [1.82, 2.24) is 4.90 Å². The number of nitrogens with zero attached hydrogens (tertiary/aromatic N) is 2. The molecule has 0 heterocycles. The van der Waals surface area contributed by atoms with E-state index in [1.54, 1.807) is 4.74 Å². The molecule has 0 amide bonds. The highest BCUT2D eigenvalue weighted by Crippen LogP contribution is 2.61. The minimum atomic E-state index is 0.206. The monoisotopic (exact) mass is 327 g/mol. The predicted octanol–water partition coefficient (Wildman–Crippen LogP) is 3.66. The van der Waals surface area contributed by atoms with Crippen molar-refractivity contribution in [1.29, 1.82) is 0 Å². The standard InChI is InChI=1S/C21H31N2O/c1-22(2)8-9-23(24)20(19-6-4-3-5-7-19)21-13-16-10-17(14-21)12-18(11-16)15-21/h3-7,16-18,24H,8-15H2,1-2H3/q+1/b23-20-. The molecule has 0 aliphatic heterocycles. The molecule has 4 bridgehead atoms. The molecule has 0 spiro atoms. The van der Waals surface area contributed by atoms with Gasteiger partial charge in [-0.15, -0.1) is 0 Å². The second kappa shape index (κ2) is 6.18. The Kier molecular flexibility index (Phi) is 4.16. The molecule has 4 aliphatic carbocycles. The molecule has 0 radical (unpaired) electrons. The topological polar surface area (TPSA) is 26.5 Å². The van der Waals surface area contributed by atoms with Gasteiger partial charge in [0.25, 0.3) is 0 Å². The van der Waals surface area contributed by atoms with E-state index < -0.39 is 0 Å². The number of hydroxylamine groups is 1. The molecule has 1 aromatic carbocycles. The lowest BCUT2D eigenvalue weighted by atomic mass is 9.48. The molecule has 0 saturated heterocycles. The van der Waals surface area contributed by atoms with E-state index in [4.69, 9.17) is 0 Å². The van der Waals surface area contributed by atoms with Crippen LogP contribution in [-0.4, -0.2) is 47.7 Å². The zero-order valence-electron chi connectivity index (χ0n) is 15.1. The maximum atomic E-state index is 11.0. The average molecular weight is 327 g/mol. The summed E-state index contributed by atoms with van der Waals surface area (Å²) in [5.74, 6) is 2.66. The molecule has 4 aliphatic rings. The summed E-state index contributed by atoms with van der Waals surface area (Å²) in [4.78, 5) is 2.14. The van der Waals surface area contributed by atoms with E-state index in [1.807, 2.05) is 0 Å². The highest BCUT2D eigenvalue weighted by atomic mass is 16.5. The maximum Gasteiger partial charge on any atom is 0.240 e. The van der Waals surface area contributed by atoms with Gasteiger partial charge in [0.15, 0.2) is 0 Å². The molecular weight excluding hydrogens is 296 g/mol. The van der Waals surface area contributed by atoms with Crippen LogP contribution in [0.15, 0.2) is 30.3 Å². The Balaban J connectivity index is 1.74. The van der Waals surface area contributed by atoms with E-state index >= 15 is 0 Å². The molecule has 130 valence electrons. The second-order valence-electron chi connectivity index (χ2n) is 8.84. The quantitative estimate of drug-likeness (QED) is 0.387. The van der Waals surface area contributed by atoms with Crippen LogP contribution in [0.25, 0.3) is 0 Å². The number of likely N-dealkylation sites (N-methyl/N-ethyl adjacent to an activating group) is 1. The van der Waals surface area contributed by atoms with Gasteiger partial charge in [-0.05, 0) is 87.2 Å². The summed E-state index contributed by atoms with van der Waals surface area (Å²) < 4.78 is 1.60. The Labute approximate surface area is 146 Å². The summed E-state index contributed by atoms with van der Waals surface area (Å²) in [6.45, 7) is 1.55. The Bertz CT molecular complexity index is 585. The van der Waals surface area contributed by atoms with Crippen LogP contribution < -0.4 is 0 Å². The first kappa shape index (κ1) is 16.1. The summed E-state index contributed by atoms with van der Waals surface area (Å²) in [5.41, 5.74) is 2.64. The Hall–Kier alpha value is -1.35. The lowest BCUT2D eigenvalue weighted by Gasteiger charge is -2.55. The summed E-state index contributed by atoms with van der Waals surface area (Å²) in [6, 6.07) is 10.7. The minimum absolute atomic E-state index is 0.206. The zero-order valence-corrected chi connectivity index (χ0v) is 15.1. The molecule has 4 fully saturated rings. The van der Waals surface area contributed by atoms with Crippen LogP contribution in [-0.2, 0) is 0 Å². The summed E-state index contributed by atoms with van der Waals surface area (Å²) in [7, 11) is 4.14. The fraction of sp³-hybridized carbons (Fsp3) is 0.667. The SMILES string of the molecule is CN(C)CC/[N+](O)=C(\c1ccccc1)C12CC3CC(CC(C3)C1)C2.